The normalized spacial score (nSPS) is 20.9. The molecule has 2 aromatic rings. The number of fused-ring (bicyclic) bond motifs is 1. The molecule has 2 aromatic heterocycles. The molecule has 2 fully saturated rings. The lowest BCUT2D eigenvalue weighted by Gasteiger charge is -2.20. The van der Waals surface area contributed by atoms with Crippen LogP contribution in [0.25, 0.3) is 6.08 Å². The van der Waals surface area contributed by atoms with Crippen molar-refractivity contribution in [1.82, 2.24) is 30.8 Å². The van der Waals surface area contributed by atoms with Crippen molar-refractivity contribution in [2.75, 3.05) is 25.4 Å². The van der Waals surface area contributed by atoms with Crippen LogP contribution in [0.1, 0.15) is 37.1 Å². The monoisotopic (exact) mass is 494 g/mol. The van der Waals surface area contributed by atoms with E-state index in [-0.39, 0.29) is 24.0 Å². The summed E-state index contributed by atoms with van der Waals surface area (Å²) in [4.78, 5) is 34.8. The predicted octanol–water partition coefficient (Wildman–Crippen LogP) is 2.83. The van der Waals surface area contributed by atoms with Gasteiger partial charge in [0.15, 0.2) is 0 Å². The lowest BCUT2D eigenvalue weighted by atomic mass is 10.0. The number of thioether (sulfide) groups is 1. The Hall–Kier alpha value is -3.07. The summed E-state index contributed by atoms with van der Waals surface area (Å²) in [5, 5.41) is 9.51. The standard InChI is InChI=1S/C26H34N6O2S/c33-24(10-2-1-9-23-25-22(19-35-23)30-26(34)31-25)29-15-18-32(16-11-20-7-3-5-13-27-20)17-12-21-8-4-6-14-28-21/h3-8,11,13-14,16,22-23,25H,1-2,9-10,12,15,17-19H2,(H,29,33)(H2,30,31,34)/b16-11+/t22-,23-,25-/m0/s1. The van der Waals surface area contributed by atoms with Gasteiger partial charge in [0.1, 0.15) is 0 Å². The van der Waals surface area contributed by atoms with Crippen LogP contribution in [0.2, 0.25) is 0 Å². The van der Waals surface area contributed by atoms with Crippen molar-refractivity contribution in [3.63, 3.8) is 0 Å². The molecule has 35 heavy (non-hydrogen) atoms. The second kappa shape index (κ2) is 13.1. The zero-order valence-corrected chi connectivity index (χ0v) is 20.8. The Labute approximate surface area is 211 Å². The van der Waals surface area contributed by atoms with Crippen LogP contribution in [0.15, 0.2) is 55.0 Å². The summed E-state index contributed by atoms with van der Waals surface area (Å²) in [5.41, 5.74) is 1.95. The van der Waals surface area contributed by atoms with Gasteiger partial charge in [0.2, 0.25) is 5.91 Å². The molecule has 3 amide bonds. The fourth-order valence-electron chi connectivity index (χ4n) is 4.42. The number of hydrogen-bond donors (Lipinski definition) is 3. The maximum atomic E-state index is 12.4. The highest BCUT2D eigenvalue weighted by Gasteiger charge is 2.42. The number of rotatable bonds is 13. The molecular formula is C26H34N6O2S. The molecule has 0 aromatic carbocycles. The topological polar surface area (TPSA) is 99.2 Å². The first-order chi connectivity index (χ1) is 17.2. The Kier molecular flexibility index (Phi) is 9.39. The van der Waals surface area contributed by atoms with Gasteiger partial charge in [-0.15, -0.1) is 0 Å². The van der Waals surface area contributed by atoms with Gasteiger partial charge in [-0.05, 0) is 43.2 Å². The van der Waals surface area contributed by atoms with Crippen molar-refractivity contribution >= 4 is 29.8 Å². The molecule has 4 rings (SSSR count). The van der Waals surface area contributed by atoms with Gasteiger partial charge in [-0.3, -0.25) is 14.8 Å². The molecule has 3 atom stereocenters. The zero-order chi connectivity index (χ0) is 24.3. The predicted molar refractivity (Wildman–Crippen MR) is 140 cm³/mol. The largest absolute Gasteiger partial charge is 0.375 e. The second-order valence-corrected chi connectivity index (χ2v) is 10.2. The minimum Gasteiger partial charge on any atom is -0.375 e. The number of carbonyl (C=O) groups is 2. The van der Waals surface area contributed by atoms with Gasteiger partial charge in [-0.25, -0.2) is 4.79 Å². The number of amides is 3. The summed E-state index contributed by atoms with van der Waals surface area (Å²) in [6, 6.07) is 12.2. The quantitative estimate of drug-likeness (QED) is 0.293. The third kappa shape index (κ3) is 7.99. The molecule has 4 heterocycles. The Balaban J connectivity index is 1.16. The zero-order valence-electron chi connectivity index (χ0n) is 19.9. The summed E-state index contributed by atoms with van der Waals surface area (Å²) in [6.45, 7) is 2.12. The smallest absolute Gasteiger partial charge is 0.315 e. The lowest BCUT2D eigenvalue weighted by Crippen LogP contribution is -2.36. The van der Waals surface area contributed by atoms with E-state index in [4.69, 9.17) is 0 Å². The first kappa shape index (κ1) is 25.0. The van der Waals surface area contributed by atoms with Crippen LogP contribution in [0.4, 0.5) is 4.79 Å². The van der Waals surface area contributed by atoms with E-state index in [1.54, 1.807) is 6.20 Å². The fourth-order valence-corrected chi connectivity index (χ4v) is 5.97. The molecule has 0 spiro atoms. The number of hydrogen-bond acceptors (Lipinski definition) is 6. The van der Waals surface area contributed by atoms with Gasteiger partial charge < -0.3 is 20.9 Å². The van der Waals surface area contributed by atoms with E-state index in [2.05, 4.69) is 30.8 Å². The van der Waals surface area contributed by atoms with Crippen LogP contribution >= 0.6 is 11.8 Å². The average molecular weight is 495 g/mol. The Morgan fingerprint density at radius 3 is 2.77 bits per heavy atom. The summed E-state index contributed by atoms with van der Waals surface area (Å²) >= 11 is 1.92. The van der Waals surface area contributed by atoms with Gasteiger partial charge in [-0.1, -0.05) is 18.6 Å². The van der Waals surface area contributed by atoms with Crippen molar-refractivity contribution in [1.29, 1.82) is 0 Å². The summed E-state index contributed by atoms with van der Waals surface area (Å²) in [5.74, 6) is 1.07. The average Bonchev–Trinajstić information content (AvgIpc) is 3.43. The van der Waals surface area contributed by atoms with E-state index in [9.17, 15) is 9.59 Å². The van der Waals surface area contributed by atoms with Crippen LogP contribution in [0.5, 0.6) is 0 Å². The highest BCUT2D eigenvalue weighted by molar-refractivity contribution is 8.00. The van der Waals surface area contributed by atoms with Gasteiger partial charge in [0, 0.05) is 67.8 Å². The second-order valence-electron chi connectivity index (χ2n) is 8.89. The number of pyridine rings is 2. The molecule has 0 saturated carbocycles. The molecule has 2 saturated heterocycles. The molecule has 0 radical (unpaired) electrons. The Bertz CT molecular complexity index is 974. The van der Waals surface area contributed by atoms with Crippen LogP contribution in [0, 0.1) is 0 Å². The van der Waals surface area contributed by atoms with Crippen LogP contribution in [0.3, 0.4) is 0 Å². The first-order valence-electron chi connectivity index (χ1n) is 12.4. The number of unbranched alkanes of at least 4 members (excludes halogenated alkanes) is 1. The third-order valence-electron chi connectivity index (χ3n) is 6.33. The van der Waals surface area contributed by atoms with Crippen LogP contribution < -0.4 is 16.0 Å². The van der Waals surface area contributed by atoms with Gasteiger partial charge >= 0.3 is 6.03 Å². The van der Waals surface area contributed by atoms with Gasteiger partial charge in [0.05, 0.1) is 17.8 Å². The van der Waals surface area contributed by atoms with Crippen LogP contribution in [-0.2, 0) is 11.2 Å². The highest BCUT2D eigenvalue weighted by atomic mass is 32.2. The van der Waals surface area contributed by atoms with E-state index in [0.717, 1.165) is 55.9 Å². The molecule has 8 nitrogen and oxygen atoms in total. The van der Waals surface area contributed by atoms with E-state index in [1.807, 2.05) is 66.6 Å². The third-order valence-corrected chi connectivity index (χ3v) is 7.84. The number of carbonyl (C=O) groups excluding carboxylic acids is 2. The number of nitrogens with zero attached hydrogens (tertiary/aromatic N) is 3. The summed E-state index contributed by atoms with van der Waals surface area (Å²) in [6.07, 6.45) is 11.9. The number of nitrogens with one attached hydrogen (secondary N) is 3. The SMILES string of the molecule is O=C(CCCC[C@@H]1SC[C@@H]2NC(=O)N[C@@H]21)NCCN(/C=C/c1ccccn1)CCc1ccccn1. The van der Waals surface area contributed by atoms with Crippen molar-refractivity contribution < 1.29 is 9.59 Å². The maximum Gasteiger partial charge on any atom is 0.315 e. The van der Waals surface area contributed by atoms with Crippen LogP contribution in [-0.4, -0.2) is 69.5 Å². The summed E-state index contributed by atoms with van der Waals surface area (Å²) < 4.78 is 0. The molecule has 0 unspecified atom stereocenters. The van der Waals surface area contributed by atoms with Crippen molar-refractivity contribution in [3.05, 3.63) is 66.4 Å². The Morgan fingerprint density at radius 1 is 1.11 bits per heavy atom. The van der Waals surface area contributed by atoms with E-state index < -0.39 is 0 Å². The van der Waals surface area contributed by atoms with E-state index >= 15 is 0 Å². The van der Waals surface area contributed by atoms with Crippen molar-refractivity contribution in [3.8, 4) is 0 Å². The van der Waals surface area contributed by atoms with E-state index in [0.29, 0.717) is 18.2 Å². The molecule has 186 valence electrons. The minimum atomic E-state index is -0.0476. The van der Waals surface area contributed by atoms with Crippen molar-refractivity contribution in [2.24, 2.45) is 0 Å². The lowest BCUT2D eigenvalue weighted by molar-refractivity contribution is -0.121. The van der Waals surface area contributed by atoms with Gasteiger partial charge in [0.25, 0.3) is 0 Å². The van der Waals surface area contributed by atoms with Gasteiger partial charge in [-0.2, -0.15) is 11.8 Å². The van der Waals surface area contributed by atoms with Crippen molar-refractivity contribution in [2.45, 2.75) is 49.4 Å². The van der Waals surface area contributed by atoms with E-state index in [1.165, 1.54) is 0 Å². The minimum absolute atomic E-state index is 0.0476. The fraction of sp³-hybridized carbons (Fsp3) is 0.462. The molecular weight excluding hydrogens is 460 g/mol. The molecule has 0 aliphatic carbocycles. The highest BCUT2D eigenvalue weighted by Crippen LogP contribution is 2.33. The Morgan fingerprint density at radius 2 is 1.97 bits per heavy atom. The number of aromatic nitrogens is 2. The maximum absolute atomic E-state index is 12.4. The summed E-state index contributed by atoms with van der Waals surface area (Å²) in [7, 11) is 0. The molecule has 2 aliphatic rings. The first-order valence-corrected chi connectivity index (χ1v) is 13.4. The molecule has 9 heteroatoms. The molecule has 2 aliphatic heterocycles. The molecule has 3 N–H and O–H groups in total. The molecule has 0 bridgehead atoms. The number of urea groups is 1.